The molecule has 4 aromatic carbocycles. The van der Waals surface area contributed by atoms with Crippen LogP contribution in [-0.2, 0) is 6.42 Å². The quantitative estimate of drug-likeness (QED) is 0.198. The Kier molecular flexibility index (Phi) is 7.89. The zero-order valence-electron chi connectivity index (χ0n) is 20.8. The SMILES string of the molecule is COc1ccc(/C=C/c2cc(O)c(C(CCc3ccc(O)cc3OC)c3ccc(O)cc3)c(O)c2)cc1. The molecule has 1 unspecified atom stereocenters. The van der Waals surface area contributed by atoms with Crippen molar-refractivity contribution in [3.63, 3.8) is 0 Å². The molecule has 6 nitrogen and oxygen atoms in total. The summed E-state index contributed by atoms with van der Waals surface area (Å²) in [5.74, 6) is 1.17. The first-order chi connectivity index (χ1) is 17.9. The van der Waals surface area contributed by atoms with E-state index in [1.807, 2.05) is 36.4 Å². The Morgan fingerprint density at radius 3 is 1.92 bits per heavy atom. The molecule has 1 atom stereocenters. The molecule has 0 saturated heterocycles. The molecule has 4 rings (SSSR count). The van der Waals surface area contributed by atoms with Crippen molar-refractivity contribution < 1.29 is 29.9 Å². The Bertz CT molecular complexity index is 1350. The maximum atomic E-state index is 11.0. The van der Waals surface area contributed by atoms with E-state index in [0.29, 0.717) is 29.7 Å². The number of aryl methyl sites for hydroxylation is 1. The minimum atomic E-state index is -0.362. The van der Waals surface area contributed by atoms with Crippen molar-refractivity contribution in [1.29, 1.82) is 0 Å². The lowest BCUT2D eigenvalue weighted by molar-refractivity contribution is 0.401. The van der Waals surface area contributed by atoms with Gasteiger partial charge in [-0.3, -0.25) is 0 Å². The molecule has 4 aromatic rings. The topological polar surface area (TPSA) is 99.4 Å². The lowest BCUT2D eigenvalue weighted by atomic mass is 9.84. The molecule has 0 aliphatic heterocycles. The fourth-order valence-electron chi connectivity index (χ4n) is 4.43. The molecule has 190 valence electrons. The molecular formula is C31H30O6. The molecule has 0 heterocycles. The second-order valence-corrected chi connectivity index (χ2v) is 8.76. The van der Waals surface area contributed by atoms with Gasteiger partial charge in [-0.15, -0.1) is 0 Å². The highest BCUT2D eigenvalue weighted by Crippen LogP contribution is 2.42. The highest BCUT2D eigenvalue weighted by molar-refractivity contribution is 5.72. The molecule has 0 fully saturated rings. The van der Waals surface area contributed by atoms with Crippen LogP contribution in [0.4, 0.5) is 0 Å². The van der Waals surface area contributed by atoms with Crippen LogP contribution < -0.4 is 9.47 Å². The highest BCUT2D eigenvalue weighted by Gasteiger charge is 2.23. The summed E-state index contributed by atoms with van der Waals surface area (Å²) >= 11 is 0. The van der Waals surface area contributed by atoms with E-state index >= 15 is 0 Å². The van der Waals surface area contributed by atoms with Gasteiger partial charge in [-0.05, 0) is 77.6 Å². The van der Waals surface area contributed by atoms with Crippen LogP contribution in [0.3, 0.4) is 0 Å². The third kappa shape index (κ3) is 6.16. The first-order valence-corrected chi connectivity index (χ1v) is 11.9. The van der Waals surface area contributed by atoms with Gasteiger partial charge in [-0.1, -0.05) is 42.5 Å². The molecule has 0 aliphatic carbocycles. The van der Waals surface area contributed by atoms with Crippen molar-refractivity contribution in [3.8, 4) is 34.5 Å². The second kappa shape index (κ2) is 11.4. The van der Waals surface area contributed by atoms with Crippen molar-refractivity contribution in [2.45, 2.75) is 18.8 Å². The Labute approximate surface area is 216 Å². The van der Waals surface area contributed by atoms with Crippen LogP contribution in [0.1, 0.15) is 40.2 Å². The van der Waals surface area contributed by atoms with Gasteiger partial charge >= 0.3 is 0 Å². The molecule has 0 aromatic heterocycles. The van der Waals surface area contributed by atoms with Gasteiger partial charge in [0.2, 0.25) is 0 Å². The fraction of sp³-hybridized carbons (Fsp3) is 0.161. The Morgan fingerprint density at radius 2 is 1.30 bits per heavy atom. The van der Waals surface area contributed by atoms with E-state index in [1.54, 1.807) is 68.8 Å². The minimum absolute atomic E-state index is 0.0230. The van der Waals surface area contributed by atoms with Gasteiger partial charge in [0.1, 0.15) is 34.5 Å². The lowest BCUT2D eigenvalue weighted by Crippen LogP contribution is -2.05. The van der Waals surface area contributed by atoms with Gasteiger partial charge in [0.15, 0.2) is 0 Å². The standard InChI is InChI=1S/C31H30O6/c1-36-26-14-5-20(6-15-26)3-4-21-17-28(34)31(29(35)18-21)27(22-7-11-24(32)12-8-22)16-10-23-9-13-25(33)19-30(23)37-2/h3-9,11-15,17-19,27,32-35H,10,16H2,1-2H3/b4-3+. The van der Waals surface area contributed by atoms with Crippen LogP contribution in [-0.4, -0.2) is 34.6 Å². The fourth-order valence-corrected chi connectivity index (χ4v) is 4.43. The molecule has 6 heteroatoms. The highest BCUT2D eigenvalue weighted by atomic mass is 16.5. The van der Waals surface area contributed by atoms with E-state index < -0.39 is 0 Å². The first kappa shape index (κ1) is 25.5. The van der Waals surface area contributed by atoms with E-state index in [0.717, 1.165) is 22.4 Å². The van der Waals surface area contributed by atoms with Gasteiger partial charge in [0, 0.05) is 17.5 Å². The van der Waals surface area contributed by atoms with E-state index in [4.69, 9.17) is 9.47 Å². The molecule has 0 saturated carbocycles. The number of hydrogen-bond acceptors (Lipinski definition) is 6. The summed E-state index contributed by atoms with van der Waals surface area (Å²) in [7, 11) is 3.16. The lowest BCUT2D eigenvalue weighted by Gasteiger charge is -2.21. The summed E-state index contributed by atoms with van der Waals surface area (Å²) < 4.78 is 10.6. The third-order valence-electron chi connectivity index (χ3n) is 6.36. The van der Waals surface area contributed by atoms with Gasteiger partial charge in [0.25, 0.3) is 0 Å². The third-order valence-corrected chi connectivity index (χ3v) is 6.36. The maximum absolute atomic E-state index is 11.0. The average molecular weight is 499 g/mol. The van der Waals surface area contributed by atoms with Crippen molar-refractivity contribution in [2.24, 2.45) is 0 Å². The number of methoxy groups -OCH3 is 2. The maximum Gasteiger partial charge on any atom is 0.125 e. The molecule has 0 bridgehead atoms. The number of aromatic hydroxyl groups is 4. The Morgan fingerprint density at radius 1 is 0.676 bits per heavy atom. The van der Waals surface area contributed by atoms with Crippen LogP contribution in [0.15, 0.2) is 78.9 Å². The van der Waals surface area contributed by atoms with E-state index in [-0.39, 0.29) is 28.9 Å². The number of phenolic OH excluding ortho intramolecular Hbond substituents is 4. The van der Waals surface area contributed by atoms with Crippen LogP contribution >= 0.6 is 0 Å². The summed E-state index contributed by atoms with van der Waals surface area (Å²) in [6.45, 7) is 0. The molecule has 4 N–H and O–H groups in total. The van der Waals surface area contributed by atoms with E-state index in [2.05, 4.69) is 0 Å². The summed E-state index contributed by atoms with van der Waals surface area (Å²) in [4.78, 5) is 0. The number of hydrogen-bond donors (Lipinski definition) is 4. The molecule has 0 radical (unpaired) electrons. The molecule has 0 amide bonds. The molecule has 37 heavy (non-hydrogen) atoms. The van der Waals surface area contributed by atoms with Gasteiger partial charge < -0.3 is 29.9 Å². The minimum Gasteiger partial charge on any atom is -0.508 e. The van der Waals surface area contributed by atoms with Crippen molar-refractivity contribution in [1.82, 2.24) is 0 Å². The van der Waals surface area contributed by atoms with Gasteiger partial charge in [-0.2, -0.15) is 0 Å². The van der Waals surface area contributed by atoms with Crippen molar-refractivity contribution >= 4 is 12.2 Å². The zero-order chi connectivity index (χ0) is 26.4. The summed E-state index contributed by atoms with van der Waals surface area (Å²) in [5.41, 5.74) is 3.74. The molecule has 0 spiro atoms. The average Bonchev–Trinajstić information content (AvgIpc) is 2.90. The predicted molar refractivity (Wildman–Crippen MR) is 145 cm³/mol. The Balaban J connectivity index is 1.65. The summed E-state index contributed by atoms with van der Waals surface area (Å²) in [6, 6.07) is 22.5. The van der Waals surface area contributed by atoms with Gasteiger partial charge in [0.05, 0.1) is 14.2 Å². The van der Waals surface area contributed by atoms with E-state index in [9.17, 15) is 20.4 Å². The van der Waals surface area contributed by atoms with Crippen LogP contribution in [0.25, 0.3) is 12.2 Å². The van der Waals surface area contributed by atoms with Crippen molar-refractivity contribution in [2.75, 3.05) is 14.2 Å². The number of rotatable bonds is 9. The second-order valence-electron chi connectivity index (χ2n) is 8.76. The molecule has 0 aliphatic rings. The number of benzene rings is 4. The zero-order valence-corrected chi connectivity index (χ0v) is 20.8. The van der Waals surface area contributed by atoms with Crippen LogP contribution in [0.5, 0.6) is 34.5 Å². The van der Waals surface area contributed by atoms with Crippen LogP contribution in [0.2, 0.25) is 0 Å². The number of phenols is 4. The predicted octanol–water partition coefficient (Wildman–Crippen LogP) is 6.46. The normalized spacial score (nSPS) is 11.9. The summed E-state index contributed by atoms with van der Waals surface area (Å²) in [6.07, 6.45) is 4.81. The summed E-state index contributed by atoms with van der Waals surface area (Å²) in [5, 5.41) is 41.7. The molecular weight excluding hydrogens is 468 g/mol. The number of ether oxygens (including phenoxy) is 2. The van der Waals surface area contributed by atoms with Gasteiger partial charge in [-0.25, -0.2) is 0 Å². The first-order valence-electron chi connectivity index (χ1n) is 11.9. The van der Waals surface area contributed by atoms with Crippen LogP contribution in [0, 0.1) is 0 Å². The largest absolute Gasteiger partial charge is 0.508 e. The smallest absolute Gasteiger partial charge is 0.125 e. The van der Waals surface area contributed by atoms with Crippen molar-refractivity contribution in [3.05, 3.63) is 107 Å². The monoisotopic (exact) mass is 498 g/mol. The van der Waals surface area contributed by atoms with E-state index in [1.165, 1.54) is 0 Å². The Hall–Kier alpha value is -4.58.